The fraction of sp³-hybridized carbons (Fsp3) is 0.417. The second kappa shape index (κ2) is 4.95. The van der Waals surface area contributed by atoms with E-state index in [0.717, 1.165) is 30.0 Å². The molecule has 0 aromatic heterocycles. The number of ether oxygens (including phenoxy) is 2. The molecule has 1 aromatic carbocycles. The molecule has 0 amide bonds. The Bertz CT molecular complexity index is 432. The van der Waals surface area contributed by atoms with Crippen LogP contribution in [-0.4, -0.2) is 26.7 Å². The second-order valence-electron chi connectivity index (χ2n) is 3.87. The fourth-order valence-corrected chi connectivity index (χ4v) is 1.93. The number of nitrogens with one attached hydrogen (secondary N) is 1. The minimum absolute atomic E-state index is 0.187. The van der Waals surface area contributed by atoms with Gasteiger partial charge in [0, 0.05) is 6.54 Å². The molecule has 0 radical (unpaired) electrons. The van der Waals surface area contributed by atoms with Crippen molar-refractivity contribution < 1.29 is 9.47 Å². The van der Waals surface area contributed by atoms with Gasteiger partial charge in [-0.25, -0.2) is 0 Å². The molecule has 92 valence electrons. The molecule has 1 aliphatic rings. The van der Waals surface area contributed by atoms with E-state index in [1.807, 2.05) is 18.2 Å². The van der Waals surface area contributed by atoms with Crippen LogP contribution in [0.3, 0.4) is 0 Å². The molecule has 5 nitrogen and oxygen atoms in total. The summed E-state index contributed by atoms with van der Waals surface area (Å²) in [5, 5.41) is 3.15. The van der Waals surface area contributed by atoms with Crippen molar-refractivity contribution in [2.24, 2.45) is 10.7 Å². The molecule has 2 rings (SSSR count). The molecule has 5 heteroatoms. The molecule has 1 unspecified atom stereocenters. The van der Waals surface area contributed by atoms with Gasteiger partial charge in [-0.3, -0.25) is 4.99 Å². The number of hydrogen-bond acceptors (Lipinski definition) is 5. The number of rotatable bonds is 3. The van der Waals surface area contributed by atoms with Crippen LogP contribution in [0, 0.1) is 0 Å². The van der Waals surface area contributed by atoms with Crippen LogP contribution < -0.4 is 20.5 Å². The first-order valence-electron chi connectivity index (χ1n) is 5.53. The van der Waals surface area contributed by atoms with Crippen molar-refractivity contribution in [2.45, 2.75) is 12.5 Å². The van der Waals surface area contributed by atoms with E-state index < -0.39 is 0 Å². The van der Waals surface area contributed by atoms with E-state index in [4.69, 9.17) is 15.2 Å². The molecule has 0 saturated carbocycles. The second-order valence-corrected chi connectivity index (χ2v) is 3.87. The minimum atomic E-state index is 0.187. The van der Waals surface area contributed by atoms with Crippen molar-refractivity contribution in [2.75, 3.05) is 20.8 Å². The van der Waals surface area contributed by atoms with Gasteiger partial charge in [0.05, 0.1) is 20.3 Å². The van der Waals surface area contributed by atoms with E-state index in [1.165, 1.54) is 0 Å². The molecular formula is C12H17N3O2. The Morgan fingerprint density at radius 3 is 2.71 bits per heavy atom. The van der Waals surface area contributed by atoms with Crippen LogP contribution in [0.5, 0.6) is 11.5 Å². The summed E-state index contributed by atoms with van der Waals surface area (Å²) >= 11 is 0. The number of hydrogen-bond donors (Lipinski definition) is 2. The number of nitrogens with zero attached hydrogens (tertiary/aromatic N) is 1. The third-order valence-electron chi connectivity index (χ3n) is 2.83. The highest BCUT2D eigenvalue weighted by Crippen LogP contribution is 2.31. The van der Waals surface area contributed by atoms with E-state index in [1.54, 1.807) is 14.2 Å². The van der Waals surface area contributed by atoms with Crippen molar-refractivity contribution in [3.8, 4) is 11.5 Å². The molecule has 0 aliphatic carbocycles. The molecule has 0 bridgehead atoms. The van der Waals surface area contributed by atoms with Gasteiger partial charge in [-0.2, -0.15) is 0 Å². The summed E-state index contributed by atoms with van der Waals surface area (Å²) in [7, 11) is 3.26. The highest BCUT2D eigenvalue weighted by atomic mass is 16.5. The zero-order valence-corrected chi connectivity index (χ0v) is 10.1. The lowest BCUT2D eigenvalue weighted by Gasteiger charge is -2.23. The summed E-state index contributed by atoms with van der Waals surface area (Å²) in [5.74, 6) is 1.96. The van der Waals surface area contributed by atoms with Crippen LogP contribution in [0.2, 0.25) is 0 Å². The first-order chi connectivity index (χ1) is 8.24. The Morgan fingerprint density at radius 2 is 2.06 bits per heavy atom. The first-order valence-corrected chi connectivity index (χ1v) is 5.53. The number of benzene rings is 1. The Balaban J connectivity index is 2.24. The number of guanidine groups is 1. The quantitative estimate of drug-likeness (QED) is 0.821. The maximum absolute atomic E-state index is 5.67. The molecule has 0 saturated heterocycles. The maximum atomic E-state index is 5.67. The SMILES string of the molecule is COc1ccc(C2CCN=C(N)N2)cc1OC. The standard InChI is InChI=1S/C12H17N3O2/c1-16-10-4-3-8(7-11(10)17-2)9-5-6-14-12(13)15-9/h3-4,7,9H,5-6H2,1-2H3,(H3,13,14,15). The normalized spacial score (nSPS) is 19.2. The third-order valence-corrected chi connectivity index (χ3v) is 2.83. The van der Waals surface area contributed by atoms with Crippen LogP contribution in [0.1, 0.15) is 18.0 Å². The minimum Gasteiger partial charge on any atom is -0.493 e. The van der Waals surface area contributed by atoms with Crippen LogP contribution in [0.25, 0.3) is 0 Å². The molecule has 0 spiro atoms. The smallest absolute Gasteiger partial charge is 0.189 e. The van der Waals surface area contributed by atoms with Crippen LogP contribution in [-0.2, 0) is 0 Å². The largest absolute Gasteiger partial charge is 0.493 e. The van der Waals surface area contributed by atoms with Gasteiger partial charge in [0.2, 0.25) is 0 Å². The lowest BCUT2D eigenvalue weighted by atomic mass is 10.0. The molecule has 1 heterocycles. The summed E-state index contributed by atoms with van der Waals surface area (Å²) in [4.78, 5) is 4.11. The van der Waals surface area contributed by atoms with Crippen LogP contribution in [0.15, 0.2) is 23.2 Å². The van der Waals surface area contributed by atoms with Crippen LogP contribution in [0.4, 0.5) is 0 Å². The molecule has 1 aromatic rings. The predicted molar refractivity (Wildman–Crippen MR) is 66.5 cm³/mol. The zero-order valence-electron chi connectivity index (χ0n) is 10.1. The van der Waals surface area contributed by atoms with Gasteiger partial charge in [-0.15, -0.1) is 0 Å². The summed E-state index contributed by atoms with van der Waals surface area (Å²) in [6.07, 6.45) is 0.927. The van der Waals surface area contributed by atoms with E-state index in [0.29, 0.717) is 5.96 Å². The van der Waals surface area contributed by atoms with Crippen molar-refractivity contribution >= 4 is 5.96 Å². The van der Waals surface area contributed by atoms with Crippen molar-refractivity contribution in [1.29, 1.82) is 0 Å². The van der Waals surface area contributed by atoms with Crippen molar-refractivity contribution in [1.82, 2.24) is 5.32 Å². The van der Waals surface area contributed by atoms with Crippen LogP contribution >= 0.6 is 0 Å². The Labute approximate surface area is 101 Å². The Hall–Kier alpha value is -1.91. The highest BCUT2D eigenvalue weighted by Gasteiger charge is 2.17. The number of methoxy groups -OCH3 is 2. The summed E-state index contributed by atoms with van der Waals surface area (Å²) in [6.45, 7) is 0.748. The first kappa shape index (κ1) is 11.6. The highest BCUT2D eigenvalue weighted by molar-refractivity contribution is 5.79. The Morgan fingerprint density at radius 1 is 1.29 bits per heavy atom. The average Bonchev–Trinajstić information content (AvgIpc) is 2.38. The van der Waals surface area contributed by atoms with Gasteiger partial charge >= 0.3 is 0 Å². The van der Waals surface area contributed by atoms with E-state index in [9.17, 15) is 0 Å². The van der Waals surface area contributed by atoms with E-state index in [2.05, 4.69) is 10.3 Å². The average molecular weight is 235 g/mol. The topological polar surface area (TPSA) is 68.9 Å². The maximum Gasteiger partial charge on any atom is 0.189 e. The van der Waals surface area contributed by atoms with Crippen molar-refractivity contribution in [3.05, 3.63) is 23.8 Å². The predicted octanol–water partition coefficient (Wildman–Crippen LogP) is 1.05. The molecule has 1 aliphatic heterocycles. The molecular weight excluding hydrogens is 218 g/mol. The lowest BCUT2D eigenvalue weighted by molar-refractivity contribution is 0.354. The molecule has 1 atom stereocenters. The fourth-order valence-electron chi connectivity index (χ4n) is 1.93. The van der Waals surface area contributed by atoms with E-state index in [-0.39, 0.29) is 6.04 Å². The van der Waals surface area contributed by atoms with Gasteiger partial charge in [0.1, 0.15) is 0 Å². The zero-order chi connectivity index (χ0) is 12.3. The van der Waals surface area contributed by atoms with Gasteiger partial charge in [-0.1, -0.05) is 6.07 Å². The van der Waals surface area contributed by atoms with Gasteiger partial charge in [-0.05, 0) is 24.1 Å². The van der Waals surface area contributed by atoms with Gasteiger partial charge < -0.3 is 20.5 Å². The molecule has 0 fully saturated rings. The monoisotopic (exact) mass is 235 g/mol. The van der Waals surface area contributed by atoms with Gasteiger partial charge in [0.15, 0.2) is 17.5 Å². The molecule has 3 N–H and O–H groups in total. The Kier molecular flexibility index (Phi) is 3.37. The summed E-state index contributed by atoms with van der Waals surface area (Å²) in [6, 6.07) is 6.07. The van der Waals surface area contributed by atoms with E-state index >= 15 is 0 Å². The number of aliphatic imine (C=N–C) groups is 1. The lowest BCUT2D eigenvalue weighted by Crippen LogP contribution is -2.38. The summed E-state index contributed by atoms with van der Waals surface area (Å²) in [5.41, 5.74) is 6.80. The number of nitrogens with two attached hydrogens (primary N) is 1. The third kappa shape index (κ3) is 2.43. The summed E-state index contributed by atoms with van der Waals surface area (Å²) < 4.78 is 10.5. The van der Waals surface area contributed by atoms with Gasteiger partial charge in [0.25, 0.3) is 0 Å². The molecule has 17 heavy (non-hydrogen) atoms. The van der Waals surface area contributed by atoms with Crippen molar-refractivity contribution in [3.63, 3.8) is 0 Å².